The minimum atomic E-state index is -1.71. The summed E-state index contributed by atoms with van der Waals surface area (Å²) in [6, 6.07) is -3.42. The SMILES string of the molecule is O=C(O)CC[C@H](NC(=O)C[C@@H](NC(=O)CCCCCNCC(=O)c1cc(C(=O)NCCCCCC(=O)N[C@H](CC(=O)N[C@@H](CCC(=O)O)C(=O)O)C(=O)O)cc([N+](=O)[O-])c1)C(=O)O)C(=O)O. The van der Waals surface area contributed by atoms with Crippen molar-refractivity contribution in [2.75, 3.05) is 19.6 Å². The second-order valence-electron chi connectivity index (χ2n) is 14.6. The molecule has 0 spiro atoms. The van der Waals surface area contributed by atoms with E-state index in [1.165, 1.54) is 6.07 Å². The normalized spacial score (nSPS) is 12.5. The van der Waals surface area contributed by atoms with Gasteiger partial charge in [0.2, 0.25) is 23.6 Å². The van der Waals surface area contributed by atoms with Crippen LogP contribution in [0.5, 0.6) is 0 Å². The maximum Gasteiger partial charge on any atom is 0.326 e. The molecule has 0 radical (unpaired) electrons. The molecular weight excluding hydrogens is 886 g/mol. The third-order valence-electron chi connectivity index (χ3n) is 9.23. The molecule has 0 fully saturated rings. The number of carbonyl (C=O) groups excluding carboxylic acids is 6. The molecule has 0 aromatic heterocycles. The molecule has 0 unspecified atom stereocenters. The molecule has 27 heteroatoms. The van der Waals surface area contributed by atoms with Crippen LogP contribution in [0.3, 0.4) is 0 Å². The Balaban J connectivity index is 2.53. The number of hydrogen-bond donors (Lipinski definition) is 12. The van der Waals surface area contributed by atoms with E-state index in [0.717, 1.165) is 12.1 Å². The van der Waals surface area contributed by atoms with Crippen LogP contribution >= 0.6 is 0 Å². The molecule has 0 aliphatic heterocycles. The topological polar surface area (TPSA) is 442 Å². The number of hydrogen-bond acceptors (Lipinski definition) is 15. The van der Waals surface area contributed by atoms with Crippen LogP contribution in [0.1, 0.15) is 111 Å². The van der Waals surface area contributed by atoms with Crippen molar-refractivity contribution in [3.05, 3.63) is 39.4 Å². The van der Waals surface area contributed by atoms with Crippen molar-refractivity contribution in [2.24, 2.45) is 0 Å². The van der Waals surface area contributed by atoms with Gasteiger partial charge >= 0.3 is 35.8 Å². The number of carboxylic acid groups (broad SMARTS) is 6. The second-order valence-corrected chi connectivity index (χ2v) is 14.6. The first-order valence-corrected chi connectivity index (χ1v) is 20.3. The first kappa shape index (κ1) is 56.4. The van der Waals surface area contributed by atoms with Crippen LogP contribution in [0.15, 0.2) is 18.2 Å². The quantitative estimate of drug-likeness (QED) is 0.0168. The number of amides is 5. The Labute approximate surface area is 374 Å². The lowest BCUT2D eigenvalue weighted by Crippen LogP contribution is -2.47. The summed E-state index contributed by atoms with van der Waals surface area (Å²) in [5.74, 6) is -13.7. The summed E-state index contributed by atoms with van der Waals surface area (Å²) in [5, 5.41) is 80.0. The number of aliphatic carboxylic acids is 6. The van der Waals surface area contributed by atoms with Gasteiger partial charge in [0, 0.05) is 55.5 Å². The number of nitrogens with zero attached hydrogens (tertiary/aromatic N) is 1. The van der Waals surface area contributed by atoms with Crippen LogP contribution < -0.4 is 31.9 Å². The number of Topliss-reactive ketones (excluding diaryl/α,β-unsaturated/α-hetero) is 1. The van der Waals surface area contributed by atoms with Crippen LogP contribution in [0, 0.1) is 10.1 Å². The highest BCUT2D eigenvalue weighted by Gasteiger charge is 2.29. The number of nitrogens with one attached hydrogen (secondary N) is 6. The van der Waals surface area contributed by atoms with E-state index in [4.69, 9.17) is 20.4 Å². The number of non-ortho nitro benzene ring substituents is 1. The number of rotatable bonds is 35. The first-order chi connectivity index (χ1) is 31.0. The van der Waals surface area contributed by atoms with Crippen molar-refractivity contribution < 1.29 is 93.1 Å². The molecule has 0 bridgehead atoms. The van der Waals surface area contributed by atoms with Crippen molar-refractivity contribution in [3.63, 3.8) is 0 Å². The number of carbonyl (C=O) groups is 12. The maximum absolute atomic E-state index is 12.9. The molecule has 0 aliphatic carbocycles. The third kappa shape index (κ3) is 23.7. The summed E-state index contributed by atoms with van der Waals surface area (Å²) in [6.07, 6.45) is -2.01. The van der Waals surface area contributed by atoms with E-state index >= 15 is 0 Å². The van der Waals surface area contributed by atoms with Gasteiger partial charge in [-0.25, -0.2) is 19.2 Å². The molecule has 66 heavy (non-hydrogen) atoms. The highest BCUT2D eigenvalue weighted by Crippen LogP contribution is 2.18. The van der Waals surface area contributed by atoms with Crippen molar-refractivity contribution in [2.45, 2.75) is 114 Å². The van der Waals surface area contributed by atoms with E-state index in [2.05, 4.69) is 21.3 Å². The van der Waals surface area contributed by atoms with Crippen molar-refractivity contribution in [3.8, 4) is 0 Å². The Hall–Kier alpha value is -7.58. The molecule has 0 aliphatic rings. The summed E-state index contributed by atoms with van der Waals surface area (Å²) < 4.78 is 0. The number of unbranched alkanes of at least 4 members (excludes halogenated alkanes) is 4. The van der Waals surface area contributed by atoms with Gasteiger partial charge in [-0.3, -0.25) is 48.5 Å². The number of ketones is 1. The van der Waals surface area contributed by atoms with Crippen LogP contribution in [-0.4, -0.2) is 150 Å². The second kappa shape index (κ2) is 29.7. The van der Waals surface area contributed by atoms with Gasteiger partial charge in [0.15, 0.2) is 5.78 Å². The van der Waals surface area contributed by atoms with Gasteiger partial charge in [-0.05, 0) is 51.1 Å². The van der Waals surface area contributed by atoms with Crippen molar-refractivity contribution >= 4 is 76.8 Å². The van der Waals surface area contributed by atoms with Crippen LogP contribution in [0.25, 0.3) is 0 Å². The monoisotopic (exact) mass is 939 g/mol. The molecule has 1 rings (SSSR count). The van der Waals surface area contributed by atoms with Gasteiger partial charge in [-0.2, -0.15) is 0 Å². The smallest absolute Gasteiger partial charge is 0.326 e. The Morgan fingerprint density at radius 2 is 0.909 bits per heavy atom. The van der Waals surface area contributed by atoms with Crippen molar-refractivity contribution in [1.82, 2.24) is 31.9 Å². The highest BCUT2D eigenvalue weighted by molar-refractivity contribution is 6.02. The average Bonchev–Trinajstić information content (AvgIpc) is 3.23. The Morgan fingerprint density at radius 1 is 0.500 bits per heavy atom. The van der Waals surface area contributed by atoms with Gasteiger partial charge in [0.1, 0.15) is 24.2 Å². The summed E-state index contributed by atoms with van der Waals surface area (Å²) in [6.45, 7) is 0.0214. The van der Waals surface area contributed by atoms with E-state index in [9.17, 15) is 77.9 Å². The van der Waals surface area contributed by atoms with Crippen LogP contribution in [0.2, 0.25) is 0 Å². The zero-order valence-electron chi connectivity index (χ0n) is 35.4. The standard InChI is InChI=1S/C39H53N7O20/c47-28(20-40-13-5-1-3-7-29(48)44-26(38(61)62)18-31(50)42-24(36(57)58)9-11-33(52)53)21-15-22(17-23(16-21)46(65)66)35(56)41-14-6-2-4-8-30(49)45-27(39(63)64)19-32(51)43-25(37(59)60)10-12-34(54)55/h15-17,24-27,40H,1-14,18-20H2,(H,41,56)(H,42,50)(H,43,51)(H,44,48)(H,45,49)(H,52,53)(H,54,55)(H,57,58)(H,59,60)(H,61,62)(H,63,64)/t24-,25-,26+,27+/m0/s1. The first-order valence-electron chi connectivity index (χ1n) is 20.3. The Morgan fingerprint density at radius 3 is 1.32 bits per heavy atom. The van der Waals surface area contributed by atoms with Gasteiger partial charge in [-0.1, -0.05) is 12.8 Å². The predicted octanol–water partition coefficient (Wildman–Crippen LogP) is -0.995. The molecule has 1 aromatic rings. The number of nitro benzene ring substituents is 1. The van der Waals surface area contributed by atoms with E-state index in [1.54, 1.807) is 0 Å². The van der Waals surface area contributed by atoms with Crippen molar-refractivity contribution in [1.29, 1.82) is 0 Å². The van der Waals surface area contributed by atoms with Crippen LogP contribution in [0.4, 0.5) is 5.69 Å². The lowest BCUT2D eigenvalue weighted by molar-refractivity contribution is -0.384. The molecule has 12 N–H and O–H groups in total. The summed E-state index contributed by atoms with van der Waals surface area (Å²) in [5.41, 5.74) is -0.850. The van der Waals surface area contributed by atoms with Gasteiger partial charge in [0.05, 0.1) is 24.3 Å². The van der Waals surface area contributed by atoms with E-state index in [0.29, 0.717) is 25.7 Å². The minimum absolute atomic E-state index is 0.0457. The summed E-state index contributed by atoms with van der Waals surface area (Å²) in [7, 11) is 0. The molecule has 1 aromatic carbocycles. The molecule has 27 nitrogen and oxygen atoms in total. The fourth-order valence-electron chi connectivity index (χ4n) is 5.78. The number of benzene rings is 1. The zero-order chi connectivity index (χ0) is 49.9. The van der Waals surface area contributed by atoms with E-state index < -0.39 is 144 Å². The van der Waals surface area contributed by atoms with Crippen LogP contribution in [-0.2, 0) is 47.9 Å². The number of carboxylic acids is 6. The van der Waals surface area contributed by atoms with Gasteiger partial charge in [-0.15, -0.1) is 0 Å². The zero-order valence-corrected chi connectivity index (χ0v) is 35.4. The van der Waals surface area contributed by atoms with Gasteiger partial charge in [0.25, 0.3) is 11.6 Å². The molecule has 0 saturated carbocycles. The minimum Gasteiger partial charge on any atom is -0.481 e. The molecule has 364 valence electrons. The summed E-state index contributed by atoms with van der Waals surface area (Å²) in [4.78, 5) is 153. The summed E-state index contributed by atoms with van der Waals surface area (Å²) >= 11 is 0. The molecule has 0 saturated heterocycles. The molecule has 4 atom stereocenters. The molecule has 5 amide bonds. The Kier molecular flexibility index (Phi) is 25.4. The maximum atomic E-state index is 12.9. The largest absolute Gasteiger partial charge is 0.481 e. The highest BCUT2D eigenvalue weighted by atomic mass is 16.6. The fraction of sp³-hybridized carbons (Fsp3) is 0.538. The lowest BCUT2D eigenvalue weighted by Gasteiger charge is -2.17. The Bertz CT molecular complexity index is 1970. The third-order valence-corrected chi connectivity index (χ3v) is 9.23. The molecular formula is C39H53N7O20. The molecule has 0 heterocycles. The van der Waals surface area contributed by atoms with Gasteiger partial charge < -0.3 is 62.5 Å². The number of nitro groups is 1. The van der Waals surface area contributed by atoms with E-state index in [1.807, 2.05) is 10.6 Å². The van der Waals surface area contributed by atoms with E-state index in [-0.39, 0.29) is 56.4 Å². The predicted molar refractivity (Wildman–Crippen MR) is 221 cm³/mol. The lowest BCUT2D eigenvalue weighted by atomic mass is 10.0. The average molecular weight is 940 g/mol. The fourth-order valence-corrected chi connectivity index (χ4v) is 5.78.